The summed E-state index contributed by atoms with van der Waals surface area (Å²) in [7, 11) is 4.77. The minimum Gasteiger partial charge on any atom is -0.493 e. The van der Waals surface area contributed by atoms with Crippen molar-refractivity contribution in [3.8, 4) is 17.2 Å². The van der Waals surface area contributed by atoms with Gasteiger partial charge in [0, 0.05) is 23.5 Å². The van der Waals surface area contributed by atoms with Gasteiger partial charge in [-0.1, -0.05) is 23.2 Å². The van der Waals surface area contributed by atoms with E-state index in [4.69, 9.17) is 37.4 Å². The highest BCUT2D eigenvalue weighted by atomic mass is 35.5. The number of thioether (sulfide) groups is 1. The molecule has 1 aliphatic rings. The molecule has 0 spiro atoms. The van der Waals surface area contributed by atoms with Gasteiger partial charge in [-0.3, -0.25) is 0 Å². The number of hydrogen-bond donors (Lipinski definition) is 2. The van der Waals surface area contributed by atoms with Crippen LogP contribution in [0.2, 0.25) is 10.0 Å². The first kappa shape index (κ1) is 23.1. The Morgan fingerprint density at radius 1 is 1.10 bits per heavy atom. The summed E-state index contributed by atoms with van der Waals surface area (Å²) in [6.07, 6.45) is 1.73. The number of allylic oxidation sites excluding steroid dienone is 1. The van der Waals surface area contributed by atoms with E-state index in [-0.39, 0.29) is 0 Å². The van der Waals surface area contributed by atoms with E-state index in [1.807, 2.05) is 19.1 Å². The molecule has 0 saturated heterocycles. The monoisotopic (exact) mass is 480 g/mol. The maximum Gasteiger partial charge on any atom is 0.203 e. The number of halogens is 2. The molecule has 1 heterocycles. The van der Waals surface area contributed by atoms with Crippen molar-refractivity contribution in [1.82, 2.24) is 5.32 Å². The third-order valence-corrected chi connectivity index (χ3v) is 5.55. The van der Waals surface area contributed by atoms with Gasteiger partial charge in [0.25, 0.3) is 0 Å². The summed E-state index contributed by atoms with van der Waals surface area (Å²) in [6, 6.07) is 9.02. The van der Waals surface area contributed by atoms with Crippen LogP contribution >= 0.6 is 35.0 Å². The Kier molecular flexibility index (Phi) is 7.95. The molecule has 0 saturated carbocycles. The predicted molar refractivity (Wildman–Crippen MR) is 129 cm³/mol. The third-order valence-electron chi connectivity index (χ3n) is 4.22. The molecule has 2 N–H and O–H groups in total. The van der Waals surface area contributed by atoms with E-state index < -0.39 is 0 Å². The first-order chi connectivity index (χ1) is 14.9. The number of anilines is 1. The highest BCUT2D eigenvalue weighted by molar-refractivity contribution is 8.29. The minimum absolute atomic E-state index is 0.566. The van der Waals surface area contributed by atoms with Crippen LogP contribution in [-0.4, -0.2) is 31.7 Å². The van der Waals surface area contributed by atoms with E-state index in [1.54, 1.807) is 45.7 Å². The van der Waals surface area contributed by atoms with Gasteiger partial charge in [0.05, 0.1) is 32.0 Å². The molecule has 0 atom stereocenters. The van der Waals surface area contributed by atoms with Gasteiger partial charge >= 0.3 is 0 Å². The van der Waals surface area contributed by atoms with Crippen molar-refractivity contribution in [2.45, 2.75) is 13.5 Å². The molecule has 0 radical (unpaired) electrons. The second-order valence-corrected chi connectivity index (χ2v) is 8.18. The molecule has 31 heavy (non-hydrogen) atoms. The number of nitrogens with one attached hydrogen (secondary N) is 2. The van der Waals surface area contributed by atoms with Crippen LogP contribution in [0.3, 0.4) is 0 Å². The molecular weight excluding hydrogens is 459 g/mol. The zero-order valence-electron chi connectivity index (χ0n) is 17.5. The zero-order chi connectivity index (χ0) is 22.4. The van der Waals surface area contributed by atoms with Gasteiger partial charge in [0.1, 0.15) is 0 Å². The summed E-state index contributed by atoms with van der Waals surface area (Å²) >= 11 is 13.6. The molecule has 2 aromatic carbocycles. The Morgan fingerprint density at radius 3 is 2.39 bits per heavy atom. The maximum atomic E-state index is 6.14. The summed E-state index contributed by atoms with van der Waals surface area (Å²) in [6.45, 7) is 2.50. The predicted octanol–water partition coefficient (Wildman–Crippen LogP) is 5.54. The van der Waals surface area contributed by atoms with Gasteiger partial charge in [-0.25, -0.2) is 4.99 Å². The summed E-state index contributed by atoms with van der Waals surface area (Å²) in [5.74, 6) is 1.79. The minimum atomic E-state index is 0.566. The van der Waals surface area contributed by atoms with E-state index in [9.17, 15) is 0 Å². The quantitative estimate of drug-likeness (QED) is 0.516. The Labute approximate surface area is 195 Å². The Morgan fingerprint density at radius 2 is 1.77 bits per heavy atom. The molecule has 2 aromatic rings. The molecule has 0 amide bonds. The molecule has 0 aromatic heterocycles. The van der Waals surface area contributed by atoms with Gasteiger partial charge < -0.3 is 24.8 Å². The van der Waals surface area contributed by atoms with Gasteiger partial charge in [0.2, 0.25) is 5.75 Å². The number of aliphatic imine (C=N–C) groups is 2. The molecule has 1 aliphatic heterocycles. The Hall–Kier alpha value is -2.55. The molecular formula is C21H22Cl2N4O3S. The molecule has 10 heteroatoms. The summed E-state index contributed by atoms with van der Waals surface area (Å²) in [4.78, 5) is 8.71. The van der Waals surface area contributed by atoms with Crippen LogP contribution in [0.1, 0.15) is 12.5 Å². The molecule has 0 unspecified atom stereocenters. The second-order valence-electron chi connectivity index (χ2n) is 6.38. The van der Waals surface area contributed by atoms with Crippen molar-refractivity contribution in [3.63, 3.8) is 0 Å². The Bertz CT molecular complexity index is 1030. The molecule has 3 rings (SSSR count). The number of methoxy groups -OCH3 is 3. The lowest BCUT2D eigenvalue weighted by molar-refractivity contribution is 0.323. The normalized spacial score (nSPS) is 14.6. The summed E-state index contributed by atoms with van der Waals surface area (Å²) in [5.41, 5.74) is 2.57. The van der Waals surface area contributed by atoms with E-state index in [1.165, 1.54) is 11.8 Å². The SMILES string of the molecule is COc1cc(CN/C(C)=C/N=C2N=C(Nc3cc(Cl)ccc3Cl)S2)cc(OC)c1OC. The van der Waals surface area contributed by atoms with E-state index in [0.29, 0.717) is 49.9 Å². The lowest BCUT2D eigenvalue weighted by Crippen LogP contribution is -2.19. The molecule has 164 valence electrons. The van der Waals surface area contributed by atoms with Crippen LogP contribution in [0.15, 0.2) is 52.2 Å². The van der Waals surface area contributed by atoms with Gasteiger partial charge in [-0.2, -0.15) is 4.99 Å². The van der Waals surface area contributed by atoms with Crippen molar-refractivity contribution in [3.05, 3.63) is 57.8 Å². The average Bonchev–Trinajstić information content (AvgIpc) is 2.74. The fourth-order valence-electron chi connectivity index (χ4n) is 2.67. The van der Waals surface area contributed by atoms with Crippen LogP contribution in [-0.2, 0) is 6.54 Å². The van der Waals surface area contributed by atoms with Crippen LogP contribution < -0.4 is 24.8 Å². The molecule has 0 fully saturated rings. The zero-order valence-corrected chi connectivity index (χ0v) is 19.8. The third kappa shape index (κ3) is 6.00. The summed E-state index contributed by atoms with van der Waals surface area (Å²) < 4.78 is 16.1. The van der Waals surface area contributed by atoms with Gasteiger partial charge in [-0.05, 0) is 54.6 Å². The largest absolute Gasteiger partial charge is 0.493 e. The van der Waals surface area contributed by atoms with Crippen molar-refractivity contribution in [2.75, 3.05) is 26.6 Å². The van der Waals surface area contributed by atoms with Crippen LogP contribution in [0.5, 0.6) is 17.2 Å². The average molecular weight is 481 g/mol. The number of ether oxygens (including phenoxy) is 3. The fraction of sp³-hybridized carbons (Fsp3) is 0.238. The van der Waals surface area contributed by atoms with Crippen molar-refractivity contribution >= 4 is 51.0 Å². The number of amidine groups is 2. The van der Waals surface area contributed by atoms with Gasteiger partial charge in [0.15, 0.2) is 21.8 Å². The molecule has 7 nitrogen and oxygen atoms in total. The molecule has 0 bridgehead atoms. The van der Waals surface area contributed by atoms with E-state index >= 15 is 0 Å². The maximum absolute atomic E-state index is 6.14. The number of rotatable bonds is 8. The van der Waals surface area contributed by atoms with Crippen molar-refractivity contribution in [1.29, 1.82) is 0 Å². The smallest absolute Gasteiger partial charge is 0.203 e. The van der Waals surface area contributed by atoms with E-state index in [2.05, 4.69) is 20.6 Å². The molecule has 0 aliphatic carbocycles. The first-order valence-electron chi connectivity index (χ1n) is 9.19. The van der Waals surface area contributed by atoms with Crippen LogP contribution in [0.25, 0.3) is 0 Å². The van der Waals surface area contributed by atoms with E-state index in [0.717, 1.165) is 11.3 Å². The second kappa shape index (κ2) is 10.7. The Balaban J connectivity index is 1.58. The van der Waals surface area contributed by atoms with Crippen LogP contribution in [0.4, 0.5) is 5.69 Å². The standard InChI is InChI=1S/C21H22Cl2N4O3S/c1-12(24-11-13-7-17(28-2)19(30-4)18(8-13)29-3)10-25-20-27-21(31-20)26-16-9-14(22)5-6-15(16)23/h5-10,24H,11H2,1-4H3,(H,25,26,27)/b12-10+. The van der Waals surface area contributed by atoms with Crippen LogP contribution in [0, 0.1) is 0 Å². The number of benzene rings is 2. The lowest BCUT2D eigenvalue weighted by Gasteiger charge is -2.17. The van der Waals surface area contributed by atoms with Gasteiger partial charge in [-0.15, -0.1) is 0 Å². The summed E-state index contributed by atoms with van der Waals surface area (Å²) in [5, 5.41) is 8.96. The van der Waals surface area contributed by atoms with Crippen molar-refractivity contribution in [2.24, 2.45) is 9.98 Å². The number of hydrogen-bond acceptors (Lipinski definition) is 7. The van der Waals surface area contributed by atoms with Crippen molar-refractivity contribution < 1.29 is 14.2 Å². The highest BCUT2D eigenvalue weighted by Crippen LogP contribution is 2.38. The fourth-order valence-corrected chi connectivity index (χ4v) is 3.59. The number of nitrogens with zero attached hydrogens (tertiary/aromatic N) is 2. The lowest BCUT2D eigenvalue weighted by atomic mass is 10.1. The first-order valence-corrected chi connectivity index (χ1v) is 10.8. The topological polar surface area (TPSA) is 76.5 Å². The highest BCUT2D eigenvalue weighted by Gasteiger charge is 2.18.